The number of hydrogen-bond donors (Lipinski definition) is 0. The first-order valence-electron chi connectivity index (χ1n) is 2.50. The molecule has 0 aliphatic carbocycles. The monoisotopic (exact) mass is 117 g/mol. The van der Waals surface area contributed by atoms with Gasteiger partial charge in [-0.3, -0.25) is 0 Å². The van der Waals surface area contributed by atoms with E-state index in [1.807, 2.05) is 0 Å². The van der Waals surface area contributed by atoms with Crippen LogP contribution in [0.2, 0.25) is 0 Å². The molecule has 0 rings (SSSR count). The maximum absolute atomic E-state index is 4.69. The van der Waals surface area contributed by atoms with Gasteiger partial charge in [0.15, 0.2) is 0 Å². The van der Waals surface area contributed by atoms with Gasteiger partial charge in [-0.1, -0.05) is 5.16 Å². The van der Waals surface area contributed by atoms with E-state index in [4.69, 9.17) is 0 Å². The minimum Gasteiger partial charge on any atom is -0.394 e. The van der Waals surface area contributed by atoms with Gasteiger partial charge in [-0.05, 0) is 6.92 Å². The maximum Gasteiger partial charge on any atom is 0.140 e. The Bertz CT molecular complexity index is 63.4. The molecule has 0 aliphatic heterocycles. The van der Waals surface area contributed by atoms with Gasteiger partial charge < -0.3 is 9.57 Å². The van der Waals surface area contributed by atoms with Crippen LogP contribution in [-0.2, 0) is 9.57 Å². The molecule has 0 unspecified atom stereocenters. The molecule has 0 aliphatic rings. The highest BCUT2D eigenvalue weighted by Gasteiger charge is 1.77. The summed E-state index contributed by atoms with van der Waals surface area (Å²) < 4.78 is 4.69. The highest BCUT2D eigenvalue weighted by molar-refractivity contribution is 5.52. The Morgan fingerprint density at radius 3 is 2.75 bits per heavy atom. The molecular formula is C5H11NO2. The molecule has 0 saturated heterocycles. The molecule has 8 heavy (non-hydrogen) atoms. The molecule has 0 aromatic carbocycles. The smallest absolute Gasteiger partial charge is 0.140 e. The van der Waals surface area contributed by atoms with Crippen molar-refractivity contribution in [3.05, 3.63) is 0 Å². The first-order valence-corrected chi connectivity index (χ1v) is 2.50. The summed E-state index contributed by atoms with van der Waals surface area (Å²) in [4.78, 5) is 4.67. The zero-order chi connectivity index (χ0) is 6.24. The quantitative estimate of drug-likeness (QED) is 0.307. The second-order valence-electron chi connectivity index (χ2n) is 1.19. The summed E-state index contributed by atoms with van der Waals surface area (Å²) in [5.74, 6) is 0. The van der Waals surface area contributed by atoms with Crippen molar-refractivity contribution in [2.45, 2.75) is 6.92 Å². The van der Waals surface area contributed by atoms with Crippen LogP contribution in [0.3, 0.4) is 0 Å². The van der Waals surface area contributed by atoms with Crippen molar-refractivity contribution in [1.82, 2.24) is 0 Å². The van der Waals surface area contributed by atoms with Gasteiger partial charge >= 0.3 is 0 Å². The molecule has 48 valence electrons. The summed E-state index contributed by atoms with van der Waals surface area (Å²) >= 11 is 0. The molecule has 0 atom stereocenters. The topological polar surface area (TPSA) is 30.8 Å². The zero-order valence-corrected chi connectivity index (χ0v) is 5.26. The van der Waals surface area contributed by atoms with Crippen LogP contribution in [0.4, 0.5) is 0 Å². The molecule has 0 aromatic rings. The lowest BCUT2D eigenvalue weighted by Gasteiger charge is -1.94. The van der Waals surface area contributed by atoms with E-state index in [0.29, 0.717) is 13.2 Å². The van der Waals surface area contributed by atoms with Crippen LogP contribution in [0.5, 0.6) is 0 Å². The zero-order valence-electron chi connectivity index (χ0n) is 5.26. The van der Waals surface area contributed by atoms with Crippen LogP contribution >= 0.6 is 0 Å². The van der Waals surface area contributed by atoms with E-state index in [2.05, 4.69) is 14.7 Å². The molecule has 0 N–H and O–H groups in total. The van der Waals surface area contributed by atoms with Crippen LogP contribution in [0.15, 0.2) is 5.16 Å². The van der Waals surface area contributed by atoms with E-state index in [1.165, 1.54) is 0 Å². The van der Waals surface area contributed by atoms with E-state index < -0.39 is 0 Å². The summed E-state index contributed by atoms with van der Waals surface area (Å²) in [5, 5.41) is 3.50. The average molecular weight is 117 g/mol. The standard InChI is InChI=1S/C5H11NO2/c1-3-6-8-5-4-7-2/h3H,4-5H2,1-2H3/b6-3+. The SMILES string of the molecule is C/C=N/OCCOC. The number of oxime groups is 1. The predicted molar refractivity (Wildman–Crippen MR) is 32.0 cm³/mol. The highest BCUT2D eigenvalue weighted by Crippen LogP contribution is 1.73. The Morgan fingerprint density at radius 2 is 2.25 bits per heavy atom. The Balaban J connectivity index is 2.72. The molecule has 0 heterocycles. The summed E-state index contributed by atoms with van der Waals surface area (Å²) in [6.45, 7) is 2.92. The van der Waals surface area contributed by atoms with E-state index in [9.17, 15) is 0 Å². The van der Waals surface area contributed by atoms with Gasteiger partial charge in [-0.25, -0.2) is 0 Å². The summed E-state index contributed by atoms with van der Waals surface area (Å²) in [6.07, 6.45) is 1.59. The molecule has 0 saturated carbocycles. The fraction of sp³-hybridized carbons (Fsp3) is 0.800. The molecule has 0 radical (unpaired) electrons. The molecule has 0 fully saturated rings. The minimum absolute atomic E-state index is 0.529. The third-order valence-corrected chi connectivity index (χ3v) is 0.559. The Kier molecular flexibility index (Phi) is 5.97. The third-order valence-electron chi connectivity index (χ3n) is 0.559. The van der Waals surface area contributed by atoms with E-state index in [0.717, 1.165) is 0 Å². The van der Waals surface area contributed by atoms with Crippen LogP contribution in [0.1, 0.15) is 6.92 Å². The van der Waals surface area contributed by atoms with E-state index >= 15 is 0 Å². The van der Waals surface area contributed by atoms with Crippen molar-refractivity contribution in [2.24, 2.45) is 5.16 Å². The first-order chi connectivity index (χ1) is 3.91. The summed E-state index contributed by atoms with van der Waals surface area (Å²) in [6, 6.07) is 0. The van der Waals surface area contributed by atoms with Crippen molar-refractivity contribution in [2.75, 3.05) is 20.3 Å². The van der Waals surface area contributed by atoms with Crippen molar-refractivity contribution >= 4 is 6.21 Å². The number of ether oxygens (including phenoxy) is 1. The first kappa shape index (κ1) is 7.43. The van der Waals surface area contributed by atoms with E-state index in [1.54, 1.807) is 20.2 Å². The number of hydrogen-bond acceptors (Lipinski definition) is 3. The molecule has 0 amide bonds. The van der Waals surface area contributed by atoms with Gasteiger partial charge in [0.25, 0.3) is 0 Å². The molecule has 0 bridgehead atoms. The Hall–Kier alpha value is -0.570. The predicted octanol–water partition coefficient (Wildman–Crippen LogP) is 0.655. The van der Waals surface area contributed by atoms with E-state index in [-0.39, 0.29) is 0 Å². The number of methoxy groups -OCH3 is 1. The van der Waals surface area contributed by atoms with Crippen molar-refractivity contribution in [3.8, 4) is 0 Å². The van der Waals surface area contributed by atoms with Gasteiger partial charge in [0.05, 0.1) is 6.61 Å². The van der Waals surface area contributed by atoms with Gasteiger partial charge in [-0.15, -0.1) is 0 Å². The largest absolute Gasteiger partial charge is 0.394 e. The summed E-state index contributed by atoms with van der Waals surface area (Å²) in [7, 11) is 1.62. The average Bonchev–Trinajstić information content (AvgIpc) is 1.81. The Morgan fingerprint density at radius 1 is 1.50 bits per heavy atom. The normalized spacial score (nSPS) is 10.2. The second kappa shape index (κ2) is 6.43. The highest BCUT2D eigenvalue weighted by atomic mass is 16.6. The maximum atomic E-state index is 4.69. The summed E-state index contributed by atoms with van der Waals surface area (Å²) in [5.41, 5.74) is 0. The lowest BCUT2D eigenvalue weighted by Crippen LogP contribution is -1.96. The molecule has 0 aromatic heterocycles. The van der Waals surface area contributed by atoms with Crippen molar-refractivity contribution < 1.29 is 9.57 Å². The second-order valence-corrected chi connectivity index (χ2v) is 1.19. The lowest BCUT2D eigenvalue weighted by molar-refractivity contribution is 0.0758. The van der Waals surface area contributed by atoms with Crippen LogP contribution in [0.25, 0.3) is 0 Å². The molecule has 3 nitrogen and oxygen atoms in total. The van der Waals surface area contributed by atoms with Crippen molar-refractivity contribution in [1.29, 1.82) is 0 Å². The Labute approximate surface area is 49.3 Å². The fourth-order valence-corrected chi connectivity index (χ4v) is 0.248. The fourth-order valence-electron chi connectivity index (χ4n) is 0.248. The lowest BCUT2D eigenvalue weighted by atomic mass is 10.8. The molecule has 3 heteroatoms. The number of rotatable bonds is 4. The van der Waals surface area contributed by atoms with Crippen molar-refractivity contribution in [3.63, 3.8) is 0 Å². The van der Waals surface area contributed by atoms with Gasteiger partial charge in [-0.2, -0.15) is 0 Å². The van der Waals surface area contributed by atoms with Gasteiger partial charge in [0.1, 0.15) is 6.61 Å². The molecular weight excluding hydrogens is 106 g/mol. The van der Waals surface area contributed by atoms with Gasteiger partial charge in [0.2, 0.25) is 0 Å². The van der Waals surface area contributed by atoms with Gasteiger partial charge in [0, 0.05) is 13.3 Å². The molecule has 0 spiro atoms. The minimum atomic E-state index is 0.529. The van der Waals surface area contributed by atoms with Crippen LogP contribution in [0, 0.1) is 0 Å². The van der Waals surface area contributed by atoms with Crippen LogP contribution in [-0.4, -0.2) is 26.5 Å². The third kappa shape index (κ3) is 5.43. The van der Waals surface area contributed by atoms with Crippen LogP contribution < -0.4 is 0 Å². The number of nitrogens with zero attached hydrogens (tertiary/aromatic N) is 1.